The van der Waals surface area contributed by atoms with Gasteiger partial charge in [-0.05, 0) is 96.6 Å². The van der Waals surface area contributed by atoms with Gasteiger partial charge < -0.3 is 23.7 Å². The maximum atomic E-state index is 13.6. The summed E-state index contributed by atoms with van der Waals surface area (Å²) >= 11 is 0. The molecule has 0 saturated carbocycles. The van der Waals surface area contributed by atoms with E-state index in [2.05, 4.69) is 13.2 Å². The Morgan fingerprint density at radius 1 is 0.611 bits per heavy atom. The van der Waals surface area contributed by atoms with Crippen molar-refractivity contribution < 1.29 is 41.7 Å². The van der Waals surface area contributed by atoms with Crippen molar-refractivity contribution in [1.29, 1.82) is 0 Å². The van der Waals surface area contributed by atoms with Crippen LogP contribution in [-0.4, -0.2) is 53.9 Å². The Morgan fingerprint density at radius 2 is 1.02 bits per heavy atom. The maximum absolute atomic E-state index is 13.6. The molecule has 4 aromatic rings. The number of esters is 2. The standard InChI is InChI=1S/C44H50O9S/c1-29(2)43(45)52-25-31(5)23-50-27-38-21-36(10-9-33(38)7)34-11-16-40(17-12-34)54(47,48)41-18-13-35(14-19-41)37-15-20-42(49-8)39(22-37)28-51-24-32(6)26-53-44(46)30(3)4/h9-22,31-32H,1,3,23-28H2,2,4-8H3. The number of hydrogen-bond acceptors (Lipinski definition) is 9. The molecule has 2 unspecified atom stereocenters. The Balaban J connectivity index is 1.39. The number of sulfone groups is 1. The molecular weight excluding hydrogens is 705 g/mol. The molecule has 4 rings (SSSR count). The van der Waals surface area contributed by atoms with Gasteiger partial charge in [0.05, 0.1) is 56.5 Å². The predicted molar refractivity (Wildman–Crippen MR) is 210 cm³/mol. The fourth-order valence-corrected chi connectivity index (χ4v) is 6.65. The lowest BCUT2D eigenvalue weighted by molar-refractivity contribution is -0.141. The molecule has 0 bridgehead atoms. The molecule has 10 heteroatoms. The van der Waals surface area contributed by atoms with Crippen LogP contribution < -0.4 is 4.74 Å². The first-order valence-electron chi connectivity index (χ1n) is 17.7. The molecule has 0 aliphatic rings. The van der Waals surface area contributed by atoms with E-state index in [4.69, 9.17) is 23.7 Å². The molecule has 0 saturated heterocycles. The quantitative estimate of drug-likeness (QED) is 0.0685. The van der Waals surface area contributed by atoms with E-state index < -0.39 is 21.8 Å². The first-order chi connectivity index (χ1) is 25.7. The monoisotopic (exact) mass is 754 g/mol. The summed E-state index contributed by atoms with van der Waals surface area (Å²) in [6.07, 6.45) is 0. The smallest absolute Gasteiger partial charge is 0.333 e. The van der Waals surface area contributed by atoms with Crippen molar-refractivity contribution in [2.45, 2.75) is 57.6 Å². The van der Waals surface area contributed by atoms with Crippen LogP contribution in [0.1, 0.15) is 44.4 Å². The topological polar surface area (TPSA) is 114 Å². The number of aryl methyl sites for hydroxylation is 1. The van der Waals surface area contributed by atoms with Crippen molar-refractivity contribution in [3.05, 3.63) is 126 Å². The van der Waals surface area contributed by atoms with Crippen molar-refractivity contribution >= 4 is 21.8 Å². The van der Waals surface area contributed by atoms with Gasteiger partial charge in [0.2, 0.25) is 9.84 Å². The molecule has 286 valence electrons. The number of benzene rings is 4. The summed E-state index contributed by atoms with van der Waals surface area (Å²) in [5, 5.41) is 0. The zero-order valence-electron chi connectivity index (χ0n) is 32.0. The Bertz CT molecular complexity index is 2050. The Morgan fingerprint density at radius 3 is 1.46 bits per heavy atom. The Kier molecular flexibility index (Phi) is 14.9. The highest BCUT2D eigenvalue weighted by molar-refractivity contribution is 7.91. The van der Waals surface area contributed by atoms with E-state index in [0.717, 1.165) is 38.9 Å². The molecule has 0 N–H and O–H groups in total. The molecule has 0 radical (unpaired) electrons. The second kappa shape index (κ2) is 19.3. The molecule has 9 nitrogen and oxygen atoms in total. The number of ether oxygens (including phenoxy) is 5. The predicted octanol–water partition coefficient (Wildman–Crippen LogP) is 8.71. The zero-order chi connectivity index (χ0) is 39.4. The van der Waals surface area contributed by atoms with Gasteiger partial charge in [0.1, 0.15) is 5.75 Å². The first kappa shape index (κ1) is 41.7. The van der Waals surface area contributed by atoms with Gasteiger partial charge in [-0.1, -0.05) is 69.5 Å². The van der Waals surface area contributed by atoms with Crippen LogP contribution in [0, 0.1) is 18.8 Å². The van der Waals surface area contributed by atoms with Gasteiger partial charge in [-0.25, -0.2) is 18.0 Å². The third-order valence-corrected chi connectivity index (χ3v) is 10.4. The fraction of sp³-hybridized carbons (Fsp3) is 0.318. The van der Waals surface area contributed by atoms with Crippen LogP contribution in [0.5, 0.6) is 5.75 Å². The molecular formula is C44H50O9S. The lowest BCUT2D eigenvalue weighted by Crippen LogP contribution is -2.16. The van der Waals surface area contributed by atoms with Gasteiger partial charge in [-0.3, -0.25) is 0 Å². The number of carbonyl (C=O) groups is 2. The minimum absolute atomic E-state index is 0.0114. The first-order valence-corrected chi connectivity index (χ1v) is 19.2. The average molecular weight is 755 g/mol. The fourth-order valence-electron chi connectivity index (χ4n) is 5.39. The summed E-state index contributed by atoms with van der Waals surface area (Å²) in [5.74, 6) is -0.148. The molecule has 0 heterocycles. The minimum atomic E-state index is -3.77. The number of hydrogen-bond donors (Lipinski definition) is 0. The van der Waals surface area contributed by atoms with Crippen LogP contribution in [0.2, 0.25) is 0 Å². The lowest BCUT2D eigenvalue weighted by atomic mass is 10.00. The molecule has 0 spiro atoms. The van der Waals surface area contributed by atoms with Crippen LogP contribution in [-0.2, 0) is 51.6 Å². The highest BCUT2D eigenvalue weighted by atomic mass is 32.2. The number of carbonyl (C=O) groups excluding carboxylic acids is 2. The second-order valence-electron chi connectivity index (χ2n) is 13.7. The molecule has 4 aromatic carbocycles. The van der Waals surface area contributed by atoms with E-state index in [1.165, 1.54) is 0 Å². The van der Waals surface area contributed by atoms with Gasteiger partial charge in [0.15, 0.2) is 0 Å². The van der Waals surface area contributed by atoms with E-state index in [0.29, 0.717) is 36.7 Å². The van der Waals surface area contributed by atoms with E-state index >= 15 is 0 Å². The maximum Gasteiger partial charge on any atom is 0.333 e. The number of methoxy groups -OCH3 is 1. The highest BCUT2D eigenvalue weighted by Crippen LogP contribution is 2.31. The van der Waals surface area contributed by atoms with Gasteiger partial charge in [-0.2, -0.15) is 0 Å². The van der Waals surface area contributed by atoms with Crippen LogP contribution in [0.4, 0.5) is 0 Å². The van der Waals surface area contributed by atoms with Crippen molar-refractivity contribution in [2.24, 2.45) is 11.8 Å². The average Bonchev–Trinajstić information content (AvgIpc) is 3.16. The highest BCUT2D eigenvalue weighted by Gasteiger charge is 2.19. The van der Waals surface area contributed by atoms with E-state index in [1.54, 1.807) is 57.4 Å². The van der Waals surface area contributed by atoms with Gasteiger partial charge in [0, 0.05) is 28.5 Å². The summed E-state index contributed by atoms with van der Waals surface area (Å²) in [7, 11) is -2.18. The van der Waals surface area contributed by atoms with Gasteiger partial charge in [-0.15, -0.1) is 0 Å². The van der Waals surface area contributed by atoms with Crippen molar-refractivity contribution in [1.82, 2.24) is 0 Å². The molecule has 0 aliphatic carbocycles. The molecule has 0 fully saturated rings. The molecule has 0 amide bonds. The zero-order valence-corrected chi connectivity index (χ0v) is 32.8. The lowest BCUT2D eigenvalue weighted by Gasteiger charge is -2.15. The van der Waals surface area contributed by atoms with Crippen molar-refractivity contribution in [3.8, 4) is 28.0 Å². The van der Waals surface area contributed by atoms with Gasteiger partial charge >= 0.3 is 11.9 Å². The normalized spacial score (nSPS) is 12.4. The SMILES string of the molecule is C=C(C)C(=O)OCC(C)COCc1cc(-c2ccc(S(=O)(=O)c3ccc(-c4ccc(OC)c(COCC(C)COC(=O)C(=C)C)c4)cc3)cc2)ccc1C. The van der Waals surface area contributed by atoms with Crippen molar-refractivity contribution in [3.63, 3.8) is 0 Å². The minimum Gasteiger partial charge on any atom is -0.496 e. The molecule has 0 aliphatic heterocycles. The Hall–Kier alpha value is -5.03. The number of rotatable bonds is 19. The third-order valence-electron chi connectivity index (χ3n) is 8.64. The van der Waals surface area contributed by atoms with E-state index in [-0.39, 0.29) is 41.4 Å². The van der Waals surface area contributed by atoms with Crippen molar-refractivity contribution in [2.75, 3.05) is 33.5 Å². The summed E-state index contributed by atoms with van der Waals surface area (Å²) < 4.78 is 55.1. The summed E-state index contributed by atoms with van der Waals surface area (Å²) in [6, 6.07) is 25.5. The third kappa shape index (κ3) is 11.5. The van der Waals surface area contributed by atoms with Crippen LogP contribution >= 0.6 is 0 Å². The summed E-state index contributed by atoms with van der Waals surface area (Å²) in [4.78, 5) is 23.7. The van der Waals surface area contributed by atoms with Gasteiger partial charge in [0.25, 0.3) is 0 Å². The Labute approximate surface area is 319 Å². The molecule has 2 atom stereocenters. The second-order valence-corrected chi connectivity index (χ2v) is 15.7. The van der Waals surface area contributed by atoms with Crippen LogP contribution in [0.3, 0.4) is 0 Å². The summed E-state index contributed by atoms with van der Waals surface area (Å²) in [5.41, 5.74) is 7.19. The van der Waals surface area contributed by atoms with E-state index in [1.807, 2.05) is 69.3 Å². The summed E-state index contributed by atoms with van der Waals surface area (Å²) in [6.45, 7) is 18.3. The van der Waals surface area contributed by atoms with E-state index in [9.17, 15) is 18.0 Å². The molecule has 0 aromatic heterocycles. The van der Waals surface area contributed by atoms with Crippen LogP contribution in [0.15, 0.2) is 119 Å². The largest absolute Gasteiger partial charge is 0.496 e. The molecule has 54 heavy (non-hydrogen) atoms. The van der Waals surface area contributed by atoms with Crippen LogP contribution in [0.25, 0.3) is 22.3 Å².